The number of benzene rings is 2. The summed E-state index contributed by atoms with van der Waals surface area (Å²) in [6.45, 7) is 3.05. The second-order valence-electron chi connectivity index (χ2n) is 9.29. The number of rotatable bonds is 9. The lowest BCUT2D eigenvalue weighted by molar-refractivity contribution is -0.139. The van der Waals surface area contributed by atoms with Gasteiger partial charge in [-0.1, -0.05) is 48.2 Å². The lowest BCUT2D eigenvalue weighted by Gasteiger charge is -2.38. The number of hydrogen-bond donors (Lipinski definition) is 2. The molecule has 2 N–H and O–H groups in total. The monoisotopic (exact) mass is 518 g/mol. The van der Waals surface area contributed by atoms with Crippen molar-refractivity contribution in [2.75, 3.05) is 26.2 Å². The highest BCUT2D eigenvalue weighted by Gasteiger charge is 2.38. The highest BCUT2D eigenvalue weighted by Crippen LogP contribution is 2.31. The largest absolute Gasteiger partial charge is 0.482 e. The van der Waals surface area contributed by atoms with Gasteiger partial charge < -0.3 is 20.1 Å². The van der Waals surface area contributed by atoms with Gasteiger partial charge in [0.2, 0.25) is 0 Å². The average molecular weight is 519 g/mol. The summed E-state index contributed by atoms with van der Waals surface area (Å²) < 4.78 is 5.18. The van der Waals surface area contributed by atoms with E-state index in [0.29, 0.717) is 12.3 Å². The zero-order valence-corrected chi connectivity index (χ0v) is 21.3. The third-order valence-electron chi connectivity index (χ3n) is 6.76. The van der Waals surface area contributed by atoms with Gasteiger partial charge in [0.05, 0.1) is 6.04 Å². The predicted molar refractivity (Wildman–Crippen MR) is 141 cm³/mol. The molecule has 2 amide bonds. The number of carboxylic acids is 1. The molecule has 2 aliphatic heterocycles. The molecule has 2 aromatic carbocycles. The third kappa shape index (κ3) is 6.42. The molecule has 9 heteroatoms. The quantitative estimate of drug-likeness (QED) is 0.433. The number of urea groups is 1. The maximum Gasteiger partial charge on any atom is 0.341 e. The summed E-state index contributed by atoms with van der Waals surface area (Å²) in [6, 6.07) is 22.1. The van der Waals surface area contributed by atoms with Crippen LogP contribution in [-0.4, -0.2) is 64.2 Å². The Morgan fingerprint density at radius 3 is 2.49 bits per heavy atom. The van der Waals surface area contributed by atoms with Crippen LogP contribution < -0.4 is 10.1 Å². The molecule has 1 aromatic heterocycles. The number of nitrogens with one attached hydrogen (secondary N) is 1. The lowest BCUT2D eigenvalue weighted by Crippen LogP contribution is -2.46. The molecular formula is C28H30N4O4S. The van der Waals surface area contributed by atoms with Crippen LogP contribution in [0.4, 0.5) is 4.79 Å². The van der Waals surface area contributed by atoms with E-state index in [2.05, 4.69) is 38.3 Å². The average Bonchev–Trinajstić information content (AvgIpc) is 3.31. The van der Waals surface area contributed by atoms with Crippen LogP contribution in [0, 0.1) is 0 Å². The number of carbonyl (C=O) groups excluding carboxylic acids is 1. The van der Waals surface area contributed by atoms with Crippen LogP contribution in [-0.2, 0) is 11.3 Å². The molecule has 0 aliphatic carbocycles. The summed E-state index contributed by atoms with van der Waals surface area (Å²) in [5.74, 6) is -0.470. The standard InChI is InChI=1S/C28H30N4O4S/c33-27(34)19-36-23-7-9-24(10-8-23)37-26-11-6-20(16-29-26)18-31-14-12-22(13-15-31)32-25(17-30-28(32)35)21-4-2-1-3-5-21/h1-11,16,22,25H,12-15,17-19H2,(H,30,35)(H,33,34)/t25-/m0/s1. The molecule has 0 bridgehead atoms. The van der Waals surface area contributed by atoms with Gasteiger partial charge >= 0.3 is 12.0 Å². The van der Waals surface area contributed by atoms with Crippen LogP contribution >= 0.6 is 11.8 Å². The first-order chi connectivity index (χ1) is 18.0. The zero-order valence-electron chi connectivity index (χ0n) is 20.5. The Labute approximate surface area is 220 Å². The van der Waals surface area contributed by atoms with Gasteiger partial charge in [-0.25, -0.2) is 14.6 Å². The van der Waals surface area contributed by atoms with E-state index < -0.39 is 5.97 Å². The van der Waals surface area contributed by atoms with Crippen molar-refractivity contribution in [3.8, 4) is 5.75 Å². The Balaban J connectivity index is 1.11. The summed E-state index contributed by atoms with van der Waals surface area (Å²) in [5, 5.41) is 12.6. The highest BCUT2D eigenvalue weighted by atomic mass is 32.2. The summed E-state index contributed by atoms with van der Waals surface area (Å²) in [4.78, 5) is 33.4. The molecule has 8 nitrogen and oxygen atoms in total. The number of ether oxygens (including phenoxy) is 1. The Bertz CT molecular complexity index is 1200. The normalized spacial score (nSPS) is 18.5. The van der Waals surface area contributed by atoms with Gasteiger partial charge in [-0.3, -0.25) is 4.90 Å². The molecule has 3 aromatic rings. The number of aromatic nitrogens is 1. The summed E-state index contributed by atoms with van der Waals surface area (Å²) >= 11 is 1.55. The number of nitrogens with zero attached hydrogens (tertiary/aromatic N) is 3. The number of piperidine rings is 1. The fraction of sp³-hybridized carbons (Fsp3) is 0.321. The van der Waals surface area contributed by atoms with Gasteiger partial charge in [-0.2, -0.15) is 0 Å². The van der Waals surface area contributed by atoms with Gasteiger partial charge in [0.15, 0.2) is 6.61 Å². The van der Waals surface area contributed by atoms with Crippen molar-refractivity contribution in [2.45, 2.75) is 41.4 Å². The smallest absolute Gasteiger partial charge is 0.341 e. The highest BCUT2D eigenvalue weighted by molar-refractivity contribution is 7.99. The number of carbonyl (C=O) groups is 2. The van der Waals surface area contributed by atoms with Gasteiger partial charge in [-0.05, 0) is 54.3 Å². The second kappa shape index (κ2) is 11.7. The Morgan fingerprint density at radius 1 is 1.05 bits per heavy atom. The Morgan fingerprint density at radius 2 is 1.81 bits per heavy atom. The van der Waals surface area contributed by atoms with E-state index in [0.717, 1.165) is 42.4 Å². The molecule has 2 saturated heterocycles. The van der Waals surface area contributed by atoms with E-state index >= 15 is 0 Å². The molecule has 37 heavy (non-hydrogen) atoms. The molecule has 192 valence electrons. The third-order valence-corrected chi connectivity index (χ3v) is 7.72. The zero-order chi connectivity index (χ0) is 25.6. The number of hydrogen-bond acceptors (Lipinski definition) is 6. The predicted octanol–water partition coefficient (Wildman–Crippen LogP) is 4.43. The second-order valence-corrected chi connectivity index (χ2v) is 10.4. The van der Waals surface area contributed by atoms with Gasteiger partial charge in [0.1, 0.15) is 10.8 Å². The van der Waals surface area contributed by atoms with E-state index in [1.807, 2.05) is 42.6 Å². The molecule has 0 radical (unpaired) electrons. The Hall–Kier alpha value is -3.56. The van der Waals surface area contributed by atoms with E-state index in [1.165, 1.54) is 11.1 Å². The van der Waals surface area contributed by atoms with E-state index in [4.69, 9.17) is 9.84 Å². The fourth-order valence-corrected chi connectivity index (χ4v) is 5.69. The van der Waals surface area contributed by atoms with E-state index in [1.54, 1.807) is 23.9 Å². The van der Waals surface area contributed by atoms with Crippen molar-refractivity contribution >= 4 is 23.8 Å². The maximum atomic E-state index is 12.6. The van der Waals surface area contributed by atoms with Gasteiger partial charge in [0.25, 0.3) is 0 Å². The first kappa shape index (κ1) is 25.1. The van der Waals surface area contributed by atoms with Crippen molar-refractivity contribution < 1.29 is 19.4 Å². The van der Waals surface area contributed by atoms with Crippen molar-refractivity contribution in [2.24, 2.45) is 0 Å². The Kier molecular flexibility index (Phi) is 7.91. The van der Waals surface area contributed by atoms with Crippen LogP contribution in [0.15, 0.2) is 82.8 Å². The minimum absolute atomic E-state index is 0.0482. The molecule has 0 unspecified atom stereocenters. The number of aliphatic carboxylic acids is 1. The van der Waals surface area contributed by atoms with Gasteiger partial charge in [-0.15, -0.1) is 0 Å². The van der Waals surface area contributed by atoms with Crippen molar-refractivity contribution in [1.82, 2.24) is 20.1 Å². The number of pyridine rings is 1. The fourth-order valence-electron chi connectivity index (χ4n) is 4.94. The number of amides is 2. The summed E-state index contributed by atoms with van der Waals surface area (Å²) in [6.07, 6.45) is 3.85. The van der Waals surface area contributed by atoms with Crippen LogP contribution in [0.5, 0.6) is 5.75 Å². The maximum absolute atomic E-state index is 12.6. The van der Waals surface area contributed by atoms with E-state index in [-0.39, 0.29) is 24.7 Å². The van der Waals surface area contributed by atoms with Crippen LogP contribution in [0.25, 0.3) is 0 Å². The van der Waals surface area contributed by atoms with Crippen molar-refractivity contribution in [3.63, 3.8) is 0 Å². The lowest BCUT2D eigenvalue weighted by atomic mass is 9.99. The minimum atomic E-state index is -0.997. The summed E-state index contributed by atoms with van der Waals surface area (Å²) in [5.41, 5.74) is 2.36. The molecule has 0 saturated carbocycles. The van der Waals surface area contributed by atoms with Crippen molar-refractivity contribution in [1.29, 1.82) is 0 Å². The minimum Gasteiger partial charge on any atom is -0.482 e. The van der Waals surface area contributed by atoms with E-state index in [9.17, 15) is 9.59 Å². The van der Waals surface area contributed by atoms with Crippen molar-refractivity contribution in [3.05, 3.63) is 84.1 Å². The molecule has 3 heterocycles. The molecule has 1 atom stereocenters. The molecule has 2 fully saturated rings. The SMILES string of the molecule is O=C(O)COc1ccc(Sc2ccc(CN3CCC(N4C(=O)NC[C@H]4c4ccccc4)CC3)cn2)cc1. The van der Waals surface area contributed by atoms with Crippen LogP contribution in [0.1, 0.15) is 30.0 Å². The topological polar surface area (TPSA) is 95.0 Å². The first-order valence-corrected chi connectivity index (χ1v) is 13.3. The summed E-state index contributed by atoms with van der Waals surface area (Å²) in [7, 11) is 0. The molecule has 5 rings (SSSR count). The molecular weight excluding hydrogens is 488 g/mol. The molecule has 0 spiro atoms. The number of carboxylic acid groups (broad SMARTS) is 1. The first-order valence-electron chi connectivity index (χ1n) is 12.5. The van der Waals surface area contributed by atoms with Crippen LogP contribution in [0.2, 0.25) is 0 Å². The number of likely N-dealkylation sites (tertiary alicyclic amines) is 1. The van der Waals surface area contributed by atoms with Gasteiger partial charge in [0, 0.05) is 43.3 Å². The van der Waals surface area contributed by atoms with Crippen LogP contribution in [0.3, 0.4) is 0 Å². The molecule has 2 aliphatic rings.